The average molecular weight is 421 g/mol. The van der Waals surface area contributed by atoms with Gasteiger partial charge in [-0.15, -0.1) is 10.2 Å². The number of aromatic nitrogens is 3. The molecule has 0 aliphatic heterocycles. The number of hydrogen-bond donors (Lipinski definition) is 1. The smallest absolute Gasteiger partial charge is 0.234 e. The van der Waals surface area contributed by atoms with E-state index in [0.717, 1.165) is 22.4 Å². The van der Waals surface area contributed by atoms with Crippen LogP contribution in [0.25, 0.3) is 11.4 Å². The number of rotatable bonds is 5. The van der Waals surface area contributed by atoms with Gasteiger partial charge in [-0.05, 0) is 43.7 Å². The van der Waals surface area contributed by atoms with Gasteiger partial charge in [0, 0.05) is 18.3 Å². The molecule has 0 aliphatic carbocycles. The molecule has 0 radical (unpaired) electrons. The van der Waals surface area contributed by atoms with Crippen LogP contribution in [0.5, 0.6) is 0 Å². The molecule has 0 saturated carbocycles. The Morgan fingerprint density at radius 1 is 1.11 bits per heavy atom. The zero-order valence-electron chi connectivity index (χ0n) is 15.1. The van der Waals surface area contributed by atoms with E-state index in [2.05, 4.69) is 15.5 Å². The first kappa shape index (κ1) is 19.7. The zero-order valence-corrected chi connectivity index (χ0v) is 17.4. The van der Waals surface area contributed by atoms with Crippen LogP contribution in [0.1, 0.15) is 11.1 Å². The quantitative estimate of drug-likeness (QED) is 0.580. The van der Waals surface area contributed by atoms with E-state index in [1.165, 1.54) is 11.8 Å². The van der Waals surface area contributed by atoms with Crippen molar-refractivity contribution in [3.63, 3.8) is 0 Å². The predicted molar refractivity (Wildman–Crippen MR) is 112 cm³/mol. The normalized spacial score (nSPS) is 10.9. The standard InChI is InChI=1S/C19H18Cl2N4OS/c1-11-4-7-16(12(2)8-11)22-17(26)10-27-19-24-23-18(25(19)3)13-5-6-14(20)15(21)9-13/h4-9H,10H2,1-3H3,(H,22,26). The summed E-state index contributed by atoms with van der Waals surface area (Å²) in [6.07, 6.45) is 0. The molecule has 2 aromatic carbocycles. The van der Waals surface area contributed by atoms with Crippen LogP contribution in [-0.4, -0.2) is 26.4 Å². The van der Waals surface area contributed by atoms with E-state index in [1.54, 1.807) is 12.1 Å². The molecule has 1 amide bonds. The Kier molecular flexibility index (Phi) is 6.09. The lowest BCUT2D eigenvalue weighted by molar-refractivity contribution is -0.113. The molecule has 3 rings (SSSR count). The number of nitrogens with zero attached hydrogens (tertiary/aromatic N) is 3. The maximum Gasteiger partial charge on any atom is 0.234 e. The second-order valence-corrected chi connectivity index (χ2v) is 7.91. The van der Waals surface area contributed by atoms with Crippen LogP contribution >= 0.6 is 35.0 Å². The van der Waals surface area contributed by atoms with Crippen molar-refractivity contribution in [1.29, 1.82) is 0 Å². The number of thioether (sulfide) groups is 1. The molecule has 0 unspecified atom stereocenters. The van der Waals surface area contributed by atoms with E-state index in [-0.39, 0.29) is 11.7 Å². The van der Waals surface area contributed by atoms with Crippen LogP contribution in [-0.2, 0) is 11.8 Å². The fourth-order valence-electron chi connectivity index (χ4n) is 2.60. The van der Waals surface area contributed by atoms with Crippen molar-refractivity contribution in [1.82, 2.24) is 14.8 Å². The second kappa shape index (κ2) is 8.33. The Morgan fingerprint density at radius 3 is 2.59 bits per heavy atom. The number of carbonyl (C=O) groups is 1. The molecule has 1 heterocycles. The van der Waals surface area contributed by atoms with Gasteiger partial charge in [-0.3, -0.25) is 4.79 Å². The third kappa shape index (κ3) is 4.64. The third-order valence-electron chi connectivity index (χ3n) is 4.00. The van der Waals surface area contributed by atoms with Gasteiger partial charge in [0.1, 0.15) is 0 Å². The molecule has 0 atom stereocenters. The van der Waals surface area contributed by atoms with Crippen molar-refractivity contribution >= 4 is 46.6 Å². The molecule has 8 heteroatoms. The molecule has 140 valence electrons. The first-order valence-electron chi connectivity index (χ1n) is 8.20. The Morgan fingerprint density at radius 2 is 1.89 bits per heavy atom. The number of benzene rings is 2. The first-order chi connectivity index (χ1) is 12.8. The van der Waals surface area contributed by atoms with Gasteiger partial charge in [0.05, 0.1) is 15.8 Å². The minimum absolute atomic E-state index is 0.0916. The lowest BCUT2D eigenvalue weighted by atomic mass is 10.1. The van der Waals surface area contributed by atoms with Gasteiger partial charge in [-0.2, -0.15) is 0 Å². The van der Waals surface area contributed by atoms with Crippen molar-refractivity contribution < 1.29 is 4.79 Å². The second-order valence-electron chi connectivity index (χ2n) is 6.15. The van der Waals surface area contributed by atoms with Gasteiger partial charge in [0.2, 0.25) is 5.91 Å². The monoisotopic (exact) mass is 420 g/mol. The highest BCUT2D eigenvalue weighted by Gasteiger charge is 2.14. The average Bonchev–Trinajstić information content (AvgIpc) is 2.99. The largest absolute Gasteiger partial charge is 0.325 e. The van der Waals surface area contributed by atoms with E-state index < -0.39 is 0 Å². The number of halogens is 2. The molecule has 3 aromatic rings. The van der Waals surface area contributed by atoms with Crippen LogP contribution in [0.4, 0.5) is 5.69 Å². The summed E-state index contributed by atoms with van der Waals surface area (Å²) in [5, 5.41) is 12.9. The van der Waals surface area contributed by atoms with Crippen molar-refractivity contribution in [2.45, 2.75) is 19.0 Å². The molecule has 1 aromatic heterocycles. The van der Waals surface area contributed by atoms with Crippen LogP contribution in [0, 0.1) is 13.8 Å². The van der Waals surface area contributed by atoms with E-state index in [9.17, 15) is 4.79 Å². The van der Waals surface area contributed by atoms with E-state index in [0.29, 0.717) is 21.0 Å². The fourth-order valence-corrected chi connectivity index (χ4v) is 3.61. The molecular weight excluding hydrogens is 403 g/mol. The van der Waals surface area contributed by atoms with Gasteiger partial charge < -0.3 is 9.88 Å². The number of anilines is 1. The van der Waals surface area contributed by atoms with E-state index in [4.69, 9.17) is 23.2 Å². The number of hydrogen-bond acceptors (Lipinski definition) is 4. The Hall–Kier alpha value is -2.02. The Labute approximate surface area is 172 Å². The van der Waals surface area contributed by atoms with Gasteiger partial charge in [-0.25, -0.2) is 0 Å². The van der Waals surface area contributed by atoms with Crippen LogP contribution in [0.2, 0.25) is 10.0 Å². The maximum absolute atomic E-state index is 12.3. The van der Waals surface area contributed by atoms with Crippen molar-refractivity contribution in [2.24, 2.45) is 7.05 Å². The number of nitrogens with one attached hydrogen (secondary N) is 1. The first-order valence-corrected chi connectivity index (χ1v) is 9.94. The molecule has 0 bridgehead atoms. The van der Waals surface area contributed by atoms with Gasteiger partial charge in [-0.1, -0.05) is 52.7 Å². The minimum atomic E-state index is -0.0916. The van der Waals surface area contributed by atoms with E-state index >= 15 is 0 Å². The van der Waals surface area contributed by atoms with Gasteiger partial charge in [0.25, 0.3) is 0 Å². The van der Waals surface area contributed by atoms with Gasteiger partial charge in [0.15, 0.2) is 11.0 Å². The molecule has 1 N–H and O–H groups in total. The maximum atomic E-state index is 12.3. The molecule has 5 nitrogen and oxygen atoms in total. The number of amides is 1. The van der Waals surface area contributed by atoms with Crippen molar-refractivity contribution in [2.75, 3.05) is 11.1 Å². The zero-order chi connectivity index (χ0) is 19.6. The highest BCUT2D eigenvalue weighted by molar-refractivity contribution is 7.99. The molecule has 27 heavy (non-hydrogen) atoms. The number of aryl methyl sites for hydroxylation is 2. The topological polar surface area (TPSA) is 59.8 Å². The highest BCUT2D eigenvalue weighted by Crippen LogP contribution is 2.29. The summed E-state index contributed by atoms with van der Waals surface area (Å²) >= 11 is 13.4. The van der Waals surface area contributed by atoms with E-state index in [1.807, 2.05) is 49.7 Å². The molecule has 0 saturated heterocycles. The van der Waals surface area contributed by atoms with Crippen LogP contribution in [0.15, 0.2) is 41.6 Å². The van der Waals surface area contributed by atoms with Crippen molar-refractivity contribution in [3.8, 4) is 11.4 Å². The van der Waals surface area contributed by atoms with Crippen LogP contribution in [0.3, 0.4) is 0 Å². The summed E-state index contributed by atoms with van der Waals surface area (Å²) in [6, 6.07) is 11.2. The summed E-state index contributed by atoms with van der Waals surface area (Å²) in [7, 11) is 1.85. The van der Waals surface area contributed by atoms with Crippen molar-refractivity contribution in [3.05, 3.63) is 57.6 Å². The molecule has 0 fully saturated rings. The van der Waals surface area contributed by atoms with Gasteiger partial charge >= 0.3 is 0 Å². The molecular formula is C19H18Cl2N4OS. The summed E-state index contributed by atoms with van der Waals surface area (Å²) in [4.78, 5) is 12.3. The minimum Gasteiger partial charge on any atom is -0.325 e. The molecule has 0 aliphatic rings. The lowest BCUT2D eigenvalue weighted by Crippen LogP contribution is -2.15. The Bertz CT molecular complexity index is 1000. The predicted octanol–water partition coefficient (Wildman–Crippen LogP) is 5.14. The lowest BCUT2D eigenvalue weighted by Gasteiger charge is -2.09. The molecule has 0 spiro atoms. The number of carbonyl (C=O) groups excluding carboxylic acids is 1. The van der Waals surface area contributed by atoms with Crippen LogP contribution < -0.4 is 5.32 Å². The fraction of sp³-hybridized carbons (Fsp3) is 0.211. The highest BCUT2D eigenvalue weighted by atomic mass is 35.5. The summed E-state index contributed by atoms with van der Waals surface area (Å²) in [6.45, 7) is 4.00. The SMILES string of the molecule is Cc1ccc(NC(=O)CSc2nnc(-c3ccc(Cl)c(Cl)c3)n2C)c(C)c1. The summed E-state index contributed by atoms with van der Waals surface area (Å²) < 4.78 is 1.83. The third-order valence-corrected chi connectivity index (χ3v) is 5.76. The summed E-state index contributed by atoms with van der Waals surface area (Å²) in [5.74, 6) is 0.803. The summed E-state index contributed by atoms with van der Waals surface area (Å²) in [5.41, 5.74) is 3.83. The Balaban J connectivity index is 1.67.